The lowest BCUT2D eigenvalue weighted by Gasteiger charge is -1.93. The predicted molar refractivity (Wildman–Crippen MR) is 46.2 cm³/mol. The molecule has 0 unspecified atom stereocenters. The normalized spacial score (nSPS) is 10.7. The molecule has 4 N–H and O–H groups in total. The topological polar surface area (TPSA) is 99.8 Å². The number of anilines is 1. The summed E-state index contributed by atoms with van der Waals surface area (Å²) >= 11 is 1.00. The molecule has 2 aromatic rings. The molecule has 0 saturated heterocycles. The van der Waals surface area contributed by atoms with Gasteiger partial charge in [-0.1, -0.05) is 0 Å². The molecule has 0 bridgehead atoms. The van der Waals surface area contributed by atoms with Crippen molar-refractivity contribution in [2.75, 3.05) is 11.6 Å². The molecule has 2 rings (SSSR count). The summed E-state index contributed by atoms with van der Waals surface area (Å²) in [7, 11) is 0. The summed E-state index contributed by atoms with van der Waals surface area (Å²) < 4.78 is 5.08. The molecule has 0 saturated carbocycles. The first kappa shape index (κ1) is 7.04. The largest absolute Gasteiger partial charge is 0.381 e. The summed E-state index contributed by atoms with van der Waals surface area (Å²) in [6, 6.07) is 0. The molecule has 2 aromatic heterocycles. The quantitative estimate of drug-likeness (QED) is 0.518. The summed E-state index contributed by atoms with van der Waals surface area (Å²) in [5.41, 5.74) is 5.54. The first-order valence-electron chi connectivity index (χ1n) is 3.07. The predicted octanol–water partition coefficient (Wildman–Crippen LogP) is -0.851. The highest BCUT2D eigenvalue weighted by molar-refractivity contribution is 7.13. The van der Waals surface area contributed by atoms with E-state index in [1.807, 2.05) is 0 Å². The Morgan fingerprint density at radius 1 is 1.58 bits per heavy atom. The maximum absolute atomic E-state index is 11.3. The highest BCUT2D eigenvalue weighted by atomic mass is 32.1. The summed E-state index contributed by atoms with van der Waals surface area (Å²) in [5.74, 6) is 5.55. The van der Waals surface area contributed by atoms with E-state index in [9.17, 15) is 4.79 Å². The molecule has 62 valence electrons. The van der Waals surface area contributed by atoms with Gasteiger partial charge >= 0.3 is 0 Å². The Labute approximate surface area is 70.6 Å². The van der Waals surface area contributed by atoms with Crippen molar-refractivity contribution in [3.8, 4) is 0 Å². The van der Waals surface area contributed by atoms with Gasteiger partial charge in [0.1, 0.15) is 16.5 Å². The van der Waals surface area contributed by atoms with E-state index in [2.05, 4.69) is 9.36 Å². The third-order valence-electron chi connectivity index (χ3n) is 1.43. The van der Waals surface area contributed by atoms with Gasteiger partial charge < -0.3 is 11.6 Å². The third kappa shape index (κ3) is 0.766. The van der Waals surface area contributed by atoms with Gasteiger partial charge in [0, 0.05) is 0 Å². The van der Waals surface area contributed by atoms with E-state index >= 15 is 0 Å². The number of nitrogen functional groups attached to an aromatic ring is 2. The highest BCUT2D eigenvalue weighted by Gasteiger charge is 2.08. The number of hydrogen-bond acceptors (Lipinski definition) is 6. The van der Waals surface area contributed by atoms with Crippen LogP contribution in [0.3, 0.4) is 0 Å². The first-order valence-corrected chi connectivity index (χ1v) is 3.85. The van der Waals surface area contributed by atoms with Gasteiger partial charge in [0.15, 0.2) is 5.82 Å². The van der Waals surface area contributed by atoms with Gasteiger partial charge in [-0.15, -0.1) is 0 Å². The molecule has 12 heavy (non-hydrogen) atoms. The second-order valence-electron chi connectivity index (χ2n) is 2.20. The van der Waals surface area contributed by atoms with E-state index in [1.165, 1.54) is 6.33 Å². The van der Waals surface area contributed by atoms with Crippen molar-refractivity contribution in [3.63, 3.8) is 0 Å². The van der Waals surface area contributed by atoms with Crippen LogP contribution in [0.15, 0.2) is 11.1 Å². The minimum atomic E-state index is -0.325. The van der Waals surface area contributed by atoms with Crippen molar-refractivity contribution in [1.82, 2.24) is 14.0 Å². The number of aromatic nitrogens is 3. The average Bonchev–Trinajstić information content (AvgIpc) is 2.41. The minimum Gasteiger partial charge on any atom is -0.381 e. The zero-order valence-electron chi connectivity index (χ0n) is 5.89. The van der Waals surface area contributed by atoms with Crippen LogP contribution >= 0.6 is 11.5 Å². The Morgan fingerprint density at radius 3 is 3.08 bits per heavy atom. The van der Waals surface area contributed by atoms with Crippen molar-refractivity contribution < 1.29 is 0 Å². The van der Waals surface area contributed by atoms with E-state index in [1.54, 1.807) is 0 Å². The molecule has 0 atom stereocenters. The number of fused-ring (bicyclic) bond motifs is 1. The highest BCUT2D eigenvalue weighted by Crippen LogP contribution is 2.17. The van der Waals surface area contributed by atoms with Gasteiger partial charge in [0.05, 0.1) is 0 Å². The van der Waals surface area contributed by atoms with Crippen LogP contribution in [-0.4, -0.2) is 14.0 Å². The van der Waals surface area contributed by atoms with Gasteiger partial charge in [-0.25, -0.2) is 9.66 Å². The zero-order valence-corrected chi connectivity index (χ0v) is 6.71. The standard InChI is InChI=1S/C5H5N5OS/c6-4-2-3(12-9-4)5(11)10(7)1-8-2/h1H,7H2,(H2,6,9). The lowest BCUT2D eigenvalue weighted by molar-refractivity contribution is 0.917. The molecule has 6 nitrogen and oxygen atoms in total. The monoisotopic (exact) mass is 183 g/mol. The Bertz CT molecular complexity index is 486. The zero-order chi connectivity index (χ0) is 8.72. The maximum atomic E-state index is 11.3. The van der Waals surface area contributed by atoms with Crippen LogP contribution in [0.1, 0.15) is 0 Å². The Kier molecular flexibility index (Phi) is 1.28. The number of nitrogens with two attached hydrogens (primary N) is 2. The van der Waals surface area contributed by atoms with Crippen LogP contribution in [0.5, 0.6) is 0 Å². The Balaban J connectivity index is 3.03. The van der Waals surface area contributed by atoms with Crippen LogP contribution in [0.2, 0.25) is 0 Å². The number of nitrogens with zero attached hydrogens (tertiary/aromatic N) is 3. The molecule has 0 amide bonds. The van der Waals surface area contributed by atoms with Gasteiger partial charge in [-0.2, -0.15) is 4.37 Å². The molecule has 0 aliphatic carbocycles. The summed E-state index contributed by atoms with van der Waals surface area (Å²) in [5, 5.41) is 0. The molecule has 7 heteroatoms. The van der Waals surface area contributed by atoms with E-state index in [0.29, 0.717) is 10.2 Å². The summed E-state index contributed by atoms with van der Waals surface area (Å²) in [6.45, 7) is 0. The molecule has 0 fully saturated rings. The van der Waals surface area contributed by atoms with Gasteiger partial charge in [-0.05, 0) is 11.5 Å². The summed E-state index contributed by atoms with van der Waals surface area (Å²) in [6.07, 6.45) is 1.22. The number of rotatable bonds is 0. The minimum absolute atomic E-state index is 0.271. The smallest absolute Gasteiger partial charge is 0.291 e. The lowest BCUT2D eigenvalue weighted by Crippen LogP contribution is -2.26. The van der Waals surface area contributed by atoms with Gasteiger partial charge in [-0.3, -0.25) is 4.79 Å². The first-order chi connectivity index (χ1) is 5.70. The molecular formula is C5H5N5OS. The van der Waals surface area contributed by atoms with Crippen molar-refractivity contribution in [2.45, 2.75) is 0 Å². The van der Waals surface area contributed by atoms with E-state index < -0.39 is 0 Å². The molecular weight excluding hydrogens is 178 g/mol. The van der Waals surface area contributed by atoms with Crippen molar-refractivity contribution >= 4 is 27.6 Å². The van der Waals surface area contributed by atoms with Crippen molar-refractivity contribution in [2.24, 2.45) is 0 Å². The molecule has 0 aromatic carbocycles. The fourth-order valence-electron chi connectivity index (χ4n) is 0.852. The fraction of sp³-hybridized carbons (Fsp3) is 0. The van der Waals surface area contributed by atoms with Crippen LogP contribution < -0.4 is 17.1 Å². The van der Waals surface area contributed by atoms with E-state index in [0.717, 1.165) is 16.2 Å². The average molecular weight is 183 g/mol. The number of hydrogen-bond donors (Lipinski definition) is 2. The van der Waals surface area contributed by atoms with Crippen LogP contribution in [-0.2, 0) is 0 Å². The fourth-order valence-corrected chi connectivity index (χ4v) is 1.56. The van der Waals surface area contributed by atoms with Gasteiger partial charge in [0.2, 0.25) is 0 Å². The Hall–Kier alpha value is -1.63. The Morgan fingerprint density at radius 2 is 2.33 bits per heavy atom. The summed E-state index contributed by atoms with van der Waals surface area (Å²) in [4.78, 5) is 15.1. The van der Waals surface area contributed by atoms with Crippen LogP contribution in [0.4, 0.5) is 5.82 Å². The van der Waals surface area contributed by atoms with Crippen molar-refractivity contribution in [3.05, 3.63) is 16.7 Å². The second-order valence-corrected chi connectivity index (χ2v) is 2.98. The lowest BCUT2D eigenvalue weighted by atomic mass is 10.5. The maximum Gasteiger partial charge on any atom is 0.291 e. The molecule has 0 aliphatic heterocycles. The SMILES string of the molecule is Nc1nsc2c(=O)n(N)cnc12. The van der Waals surface area contributed by atoms with E-state index in [4.69, 9.17) is 11.6 Å². The molecule has 2 heterocycles. The van der Waals surface area contributed by atoms with Crippen LogP contribution in [0.25, 0.3) is 10.2 Å². The van der Waals surface area contributed by atoms with Crippen molar-refractivity contribution in [1.29, 1.82) is 0 Å². The van der Waals surface area contributed by atoms with E-state index in [-0.39, 0.29) is 11.4 Å². The molecule has 0 radical (unpaired) electrons. The molecule has 0 spiro atoms. The second kappa shape index (κ2) is 2.18. The third-order valence-corrected chi connectivity index (χ3v) is 2.27. The van der Waals surface area contributed by atoms with Gasteiger partial charge in [0.25, 0.3) is 5.56 Å². The molecule has 0 aliphatic rings. The van der Waals surface area contributed by atoms with Crippen LogP contribution in [0, 0.1) is 0 Å².